The number of hydrogen-bond donors (Lipinski definition) is 1. The topological polar surface area (TPSA) is 73.2 Å². The van der Waals surface area contributed by atoms with E-state index in [1.54, 1.807) is 18.2 Å². The van der Waals surface area contributed by atoms with Crippen LogP contribution in [-0.2, 0) is 22.3 Å². The standard InChI is InChI=1S/C20H16Cl2F3N3O3S/c1-31-19(30)17-14(21)11-5-4-10(8-12(11)32-17)26-13(29)6-7-28-16(9-2-3-9)15(22)18(27-28)20(23,24)25/h4-5,8-9H,2-3,6-7H2,1H3,(H,26,29). The zero-order chi connectivity index (χ0) is 23.2. The third-order valence-electron chi connectivity index (χ3n) is 5.00. The molecule has 1 N–H and O–H groups in total. The number of methoxy groups -OCH3 is 1. The van der Waals surface area contributed by atoms with Crippen molar-refractivity contribution in [2.75, 3.05) is 12.4 Å². The number of amides is 1. The molecule has 6 nitrogen and oxygen atoms in total. The zero-order valence-corrected chi connectivity index (χ0v) is 18.9. The first-order valence-electron chi connectivity index (χ1n) is 9.53. The lowest BCUT2D eigenvalue weighted by atomic mass is 10.2. The minimum atomic E-state index is -4.66. The minimum Gasteiger partial charge on any atom is -0.465 e. The molecule has 1 aromatic carbocycles. The van der Waals surface area contributed by atoms with Gasteiger partial charge in [-0.05, 0) is 31.0 Å². The van der Waals surface area contributed by atoms with Gasteiger partial charge in [0.25, 0.3) is 0 Å². The smallest absolute Gasteiger partial charge is 0.436 e. The molecule has 0 aliphatic heterocycles. The van der Waals surface area contributed by atoms with E-state index in [0.29, 0.717) is 21.5 Å². The Morgan fingerprint density at radius 1 is 1.28 bits per heavy atom. The fraction of sp³-hybridized carbons (Fsp3) is 0.350. The summed E-state index contributed by atoms with van der Waals surface area (Å²) in [7, 11) is 1.26. The highest BCUT2D eigenvalue weighted by atomic mass is 35.5. The quantitative estimate of drug-likeness (QED) is 0.409. The van der Waals surface area contributed by atoms with Crippen molar-refractivity contribution in [3.05, 3.63) is 44.5 Å². The molecule has 0 spiro atoms. The number of aromatic nitrogens is 2. The maximum atomic E-state index is 13.2. The van der Waals surface area contributed by atoms with Gasteiger partial charge in [0.2, 0.25) is 5.91 Å². The van der Waals surface area contributed by atoms with Gasteiger partial charge in [-0.1, -0.05) is 23.2 Å². The molecule has 0 unspecified atom stereocenters. The van der Waals surface area contributed by atoms with Crippen molar-refractivity contribution in [2.45, 2.75) is 37.9 Å². The molecule has 12 heteroatoms. The van der Waals surface area contributed by atoms with Crippen molar-refractivity contribution >= 4 is 62.2 Å². The van der Waals surface area contributed by atoms with Crippen LogP contribution in [0.4, 0.5) is 18.9 Å². The number of alkyl halides is 3. The van der Waals surface area contributed by atoms with Crippen LogP contribution in [0.15, 0.2) is 18.2 Å². The highest BCUT2D eigenvalue weighted by Gasteiger charge is 2.42. The van der Waals surface area contributed by atoms with Crippen LogP contribution in [0.2, 0.25) is 10.0 Å². The summed E-state index contributed by atoms with van der Waals surface area (Å²) >= 11 is 13.3. The highest BCUT2D eigenvalue weighted by Crippen LogP contribution is 2.47. The molecule has 4 rings (SSSR count). The van der Waals surface area contributed by atoms with Crippen molar-refractivity contribution < 1.29 is 27.5 Å². The molecule has 1 aliphatic carbocycles. The molecule has 1 aliphatic rings. The number of benzene rings is 1. The van der Waals surface area contributed by atoms with Gasteiger partial charge in [-0.25, -0.2) is 4.79 Å². The number of hydrogen-bond acceptors (Lipinski definition) is 5. The molecular weight excluding hydrogens is 490 g/mol. The molecule has 3 aromatic rings. The summed E-state index contributed by atoms with van der Waals surface area (Å²) in [6, 6.07) is 4.96. The van der Waals surface area contributed by atoms with Crippen LogP contribution in [-0.4, -0.2) is 28.8 Å². The lowest BCUT2D eigenvalue weighted by molar-refractivity contribution is -0.141. The van der Waals surface area contributed by atoms with Gasteiger partial charge in [-0.3, -0.25) is 9.48 Å². The number of ether oxygens (including phenoxy) is 1. The normalized spacial score (nSPS) is 14.1. The SMILES string of the molecule is COC(=O)c1sc2cc(NC(=O)CCn3nc(C(F)(F)F)c(Cl)c3C3CC3)ccc2c1Cl. The summed E-state index contributed by atoms with van der Waals surface area (Å²) in [5.41, 5.74) is -0.326. The number of halogens is 5. The van der Waals surface area contributed by atoms with E-state index in [9.17, 15) is 22.8 Å². The van der Waals surface area contributed by atoms with Gasteiger partial charge in [0.15, 0.2) is 5.69 Å². The number of aryl methyl sites for hydroxylation is 1. The van der Waals surface area contributed by atoms with Crippen molar-refractivity contribution in [3.8, 4) is 0 Å². The van der Waals surface area contributed by atoms with E-state index in [-0.39, 0.29) is 33.8 Å². The predicted molar refractivity (Wildman–Crippen MR) is 116 cm³/mol. The van der Waals surface area contributed by atoms with E-state index < -0.39 is 23.7 Å². The number of anilines is 1. The number of rotatable bonds is 6. The first-order chi connectivity index (χ1) is 15.1. The van der Waals surface area contributed by atoms with Crippen LogP contribution in [0.3, 0.4) is 0 Å². The molecule has 0 radical (unpaired) electrons. The van der Waals surface area contributed by atoms with Gasteiger partial charge in [-0.15, -0.1) is 11.3 Å². The second kappa shape index (κ2) is 8.57. The molecule has 0 bridgehead atoms. The van der Waals surface area contributed by atoms with Crippen molar-refractivity contribution in [1.82, 2.24) is 9.78 Å². The van der Waals surface area contributed by atoms with Gasteiger partial charge < -0.3 is 10.1 Å². The zero-order valence-electron chi connectivity index (χ0n) is 16.6. The monoisotopic (exact) mass is 505 g/mol. The highest BCUT2D eigenvalue weighted by molar-refractivity contribution is 7.21. The number of nitrogens with zero attached hydrogens (tertiary/aromatic N) is 2. The second-order valence-electron chi connectivity index (χ2n) is 7.29. The van der Waals surface area contributed by atoms with E-state index in [1.807, 2.05) is 0 Å². The van der Waals surface area contributed by atoms with Gasteiger partial charge >= 0.3 is 12.1 Å². The Balaban J connectivity index is 1.48. The van der Waals surface area contributed by atoms with Gasteiger partial charge in [-0.2, -0.15) is 18.3 Å². The third-order valence-corrected chi connectivity index (χ3v) is 7.01. The fourth-order valence-corrected chi connectivity index (χ4v) is 5.21. The average molecular weight is 506 g/mol. The van der Waals surface area contributed by atoms with Crippen LogP contribution in [0.1, 0.15) is 46.2 Å². The molecule has 1 saturated carbocycles. The number of fused-ring (bicyclic) bond motifs is 1. The predicted octanol–water partition coefficient (Wildman–Crippen LogP) is 6.12. The molecular formula is C20H16Cl2F3N3O3S. The Bertz CT molecular complexity index is 1220. The number of carbonyl (C=O) groups is 2. The molecule has 2 aromatic heterocycles. The van der Waals surface area contributed by atoms with E-state index in [0.717, 1.165) is 24.2 Å². The van der Waals surface area contributed by atoms with Crippen LogP contribution in [0.25, 0.3) is 10.1 Å². The number of nitrogens with one attached hydrogen (secondary N) is 1. The number of esters is 1. The molecule has 1 amide bonds. The lowest BCUT2D eigenvalue weighted by Gasteiger charge is -2.08. The summed E-state index contributed by atoms with van der Waals surface area (Å²) in [5.74, 6) is -1.02. The first-order valence-corrected chi connectivity index (χ1v) is 11.1. The second-order valence-corrected chi connectivity index (χ2v) is 9.10. The lowest BCUT2D eigenvalue weighted by Crippen LogP contribution is -2.16. The van der Waals surface area contributed by atoms with Gasteiger partial charge in [0.1, 0.15) is 4.88 Å². The Morgan fingerprint density at radius 2 is 2.00 bits per heavy atom. The molecule has 2 heterocycles. The van der Waals surface area contributed by atoms with Crippen LogP contribution in [0, 0.1) is 0 Å². The van der Waals surface area contributed by atoms with E-state index in [2.05, 4.69) is 10.4 Å². The Labute approximate surface area is 194 Å². The first kappa shape index (κ1) is 22.9. The fourth-order valence-electron chi connectivity index (χ4n) is 3.35. The van der Waals surface area contributed by atoms with Crippen molar-refractivity contribution in [2.24, 2.45) is 0 Å². The van der Waals surface area contributed by atoms with E-state index in [1.165, 1.54) is 11.8 Å². The van der Waals surface area contributed by atoms with Crippen LogP contribution >= 0.6 is 34.5 Å². The summed E-state index contributed by atoms with van der Waals surface area (Å²) < 4.78 is 46.1. The maximum absolute atomic E-state index is 13.2. The third kappa shape index (κ3) is 4.44. The molecule has 0 saturated heterocycles. The largest absolute Gasteiger partial charge is 0.465 e. The summed E-state index contributed by atoms with van der Waals surface area (Å²) in [5, 5.41) is 6.86. The average Bonchev–Trinajstić information content (AvgIpc) is 3.43. The summed E-state index contributed by atoms with van der Waals surface area (Å²) in [6.45, 7) is -0.0347. The number of thiophene rings is 1. The van der Waals surface area contributed by atoms with E-state index >= 15 is 0 Å². The van der Waals surface area contributed by atoms with Crippen molar-refractivity contribution in [1.29, 1.82) is 0 Å². The maximum Gasteiger partial charge on any atom is 0.436 e. The Morgan fingerprint density at radius 3 is 2.62 bits per heavy atom. The molecule has 1 fully saturated rings. The van der Waals surface area contributed by atoms with Crippen LogP contribution in [0.5, 0.6) is 0 Å². The Kier molecular flexibility index (Phi) is 6.12. The van der Waals surface area contributed by atoms with Gasteiger partial charge in [0.05, 0.1) is 29.4 Å². The van der Waals surface area contributed by atoms with Crippen molar-refractivity contribution in [3.63, 3.8) is 0 Å². The van der Waals surface area contributed by atoms with Gasteiger partial charge in [0, 0.05) is 28.1 Å². The molecule has 0 atom stereocenters. The van der Waals surface area contributed by atoms with E-state index in [4.69, 9.17) is 27.9 Å². The minimum absolute atomic E-state index is 0.0347. The summed E-state index contributed by atoms with van der Waals surface area (Å²) in [4.78, 5) is 24.5. The molecule has 32 heavy (non-hydrogen) atoms. The summed E-state index contributed by atoms with van der Waals surface area (Å²) in [6.07, 6.45) is -3.27. The van der Waals surface area contributed by atoms with Crippen LogP contribution < -0.4 is 5.32 Å². The molecule has 170 valence electrons. The Hall–Kier alpha value is -2.30. The number of carbonyl (C=O) groups excluding carboxylic acids is 2.